The summed E-state index contributed by atoms with van der Waals surface area (Å²) in [5.74, 6) is -0.590. The highest BCUT2D eigenvalue weighted by atomic mass is 28.4. The van der Waals surface area contributed by atoms with Gasteiger partial charge in [-0.2, -0.15) is 4.98 Å². The van der Waals surface area contributed by atoms with Crippen molar-refractivity contribution in [3.05, 3.63) is 16.8 Å². The van der Waals surface area contributed by atoms with Crippen LogP contribution < -0.4 is 11.4 Å². The van der Waals surface area contributed by atoms with Gasteiger partial charge in [0.2, 0.25) is 0 Å². The van der Waals surface area contributed by atoms with Crippen molar-refractivity contribution in [1.82, 2.24) is 19.5 Å². The Morgan fingerprint density at radius 3 is 2.63 bits per heavy atom. The lowest BCUT2D eigenvalue weighted by molar-refractivity contribution is -0.199. The maximum absolute atomic E-state index is 11.9. The topological polar surface area (TPSA) is 127 Å². The van der Waals surface area contributed by atoms with Crippen LogP contribution in [0.5, 0.6) is 0 Å². The average molecular weight is 438 g/mol. The molecule has 0 radical (unpaired) electrons. The molecule has 3 N–H and O–H groups in total. The summed E-state index contributed by atoms with van der Waals surface area (Å²) in [6.45, 7) is 15.2. The number of hydrogen-bond acceptors (Lipinski definition) is 8. The van der Waals surface area contributed by atoms with Gasteiger partial charge in [-0.05, 0) is 32.0 Å². The predicted octanol–water partition coefficient (Wildman–Crippen LogP) is 2.14. The molecule has 2 aliphatic heterocycles. The lowest BCUT2D eigenvalue weighted by Gasteiger charge is -2.37. The summed E-state index contributed by atoms with van der Waals surface area (Å²) in [4.78, 5) is 22.7. The van der Waals surface area contributed by atoms with Crippen LogP contribution in [-0.4, -0.2) is 58.5 Å². The Hall–Kier alpha value is -1.79. The van der Waals surface area contributed by atoms with Crippen molar-refractivity contribution in [3.63, 3.8) is 0 Å². The molecule has 0 amide bonds. The molecular weight excluding hydrogens is 406 g/mol. The van der Waals surface area contributed by atoms with Crippen LogP contribution in [0.25, 0.3) is 11.2 Å². The summed E-state index contributed by atoms with van der Waals surface area (Å²) in [6.07, 6.45) is -0.0371. The van der Waals surface area contributed by atoms with Gasteiger partial charge < -0.3 is 24.4 Å². The van der Waals surface area contributed by atoms with E-state index in [0.29, 0.717) is 17.8 Å². The molecule has 0 aromatic carbocycles. The van der Waals surface area contributed by atoms with Gasteiger partial charge in [-0.1, -0.05) is 20.8 Å². The number of nitrogens with two attached hydrogens (primary N) is 1. The van der Waals surface area contributed by atoms with E-state index in [4.69, 9.17) is 24.4 Å². The molecule has 30 heavy (non-hydrogen) atoms. The quantitative estimate of drug-likeness (QED) is 0.697. The summed E-state index contributed by atoms with van der Waals surface area (Å²) in [5.41, 5.74) is 6.11. The first-order valence-corrected chi connectivity index (χ1v) is 13.1. The normalized spacial score (nSPS) is 28.9. The maximum atomic E-state index is 11.9. The minimum absolute atomic E-state index is 0.0831. The Bertz CT molecular complexity index is 1010. The van der Waals surface area contributed by atoms with Gasteiger partial charge in [-0.25, -0.2) is 9.78 Å². The average Bonchev–Trinajstić information content (AvgIpc) is 3.23. The second kappa shape index (κ2) is 6.86. The zero-order valence-corrected chi connectivity index (χ0v) is 19.6. The van der Waals surface area contributed by atoms with E-state index in [1.807, 2.05) is 13.8 Å². The summed E-state index contributed by atoms with van der Waals surface area (Å²) in [5, 5.41) is 0.0831. The Balaban J connectivity index is 1.65. The molecule has 0 spiro atoms. The SMILES string of the molecule is CC1(C)O[C@@H]2[C@H](O1)[C@@H](n1cnc3c(N)[nH]c(=O)nc31)O[C@H]2CO[Si](C)(C)C(C)(C)C. The summed E-state index contributed by atoms with van der Waals surface area (Å²) >= 11 is 0. The van der Waals surface area contributed by atoms with Crippen molar-refractivity contribution in [1.29, 1.82) is 0 Å². The third-order valence-corrected chi connectivity index (χ3v) is 10.8. The van der Waals surface area contributed by atoms with E-state index in [1.165, 1.54) is 0 Å². The van der Waals surface area contributed by atoms with Gasteiger partial charge in [0.15, 0.2) is 26.0 Å². The van der Waals surface area contributed by atoms with Crippen LogP contribution in [0.1, 0.15) is 40.8 Å². The van der Waals surface area contributed by atoms with Gasteiger partial charge in [0.1, 0.15) is 29.6 Å². The van der Waals surface area contributed by atoms with E-state index in [2.05, 4.69) is 48.8 Å². The third kappa shape index (κ3) is 3.58. The number of nitrogens with one attached hydrogen (secondary N) is 1. The number of nitrogens with zero attached hydrogens (tertiary/aromatic N) is 3. The molecule has 2 aliphatic rings. The number of anilines is 1. The number of ether oxygens (including phenoxy) is 3. The fourth-order valence-corrected chi connectivity index (χ4v) is 4.68. The molecule has 0 bridgehead atoms. The molecule has 4 rings (SSSR count). The first-order chi connectivity index (χ1) is 13.8. The van der Waals surface area contributed by atoms with E-state index in [1.54, 1.807) is 10.9 Å². The van der Waals surface area contributed by atoms with E-state index in [0.717, 1.165) is 0 Å². The van der Waals surface area contributed by atoms with Gasteiger partial charge in [0, 0.05) is 0 Å². The number of fused-ring (bicyclic) bond motifs is 2. The van der Waals surface area contributed by atoms with E-state index in [-0.39, 0.29) is 23.1 Å². The first-order valence-electron chi connectivity index (χ1n) is 10.2. The molecule has 4 atom stereocenters. The molecule has 0 aliphatic carbocycles. The van der Waals surface area contributed by atoms with E-state index >= 15 is 0 Å². The smallest absolute Gasteiger partial charge is 0.348 e. The van der Waals surface area contributed by atoms with Crippen molar-refractivity contribution in [2.24, 2.45) is 0 Å². The molecule has 11 heteroatoms. The Kier molecular flexibility index (Phi) is 4.90. The molecule has 0 saturated carbocycles. The minimum atomic E-state index is -1.97. The highest BCUT2D eigenvalue weighted by molar-refractivity contribution is 6.74. The van der Waals surface area contributed by atoms with E-state index < -0.39 is 32.1 Å². The second-order valence-corrected chi connectivity index (χ2v) is 14.8. The number of H-pyrrole nitrogens is 1. The van der Waals surface area contributed by atoms with Gasteiger partial charge in [0.05, 0.1) is 12.9 Å². The van der Waals surface area contributed by atoms with Crippen LogP contribution >= 0.6 is 0 Å². The molecule has 4 heterocycles. The Morgan fingerprint density at radius 2 is 1.97 bits per heavy atom. The Labute approximate surface area is 176 Å². The largest absolute Gasteiger partial charge is 0.414 e. The zero-order chi connectivity index (χ0) is 22.1. The molecule has 10 nitrogen and oxygen atoms in total. The van der Waals surface area contributed by atoms with Gasteiger partial charge in [-0.15, -0.1) is 0 Å². The second-order valence-electron chi connectivity index (χ2n) is 9.98. The molecule has 166 valence electrons. The van der Waals surface area contributed by atoms with E-state index in [9.17, 15) is 4.79 Å². The molecule has 2 aromatic heterocycles. The van der Waals surface area contributed by atoms with Gasteiger partial charge in [-0.3, -0.25) is 9.55 Å². The number of rotatable bonds is 4. The summed E-state index contributed by atoms with van der Waals surface area (Å²) in [7, 11) is -1.97. The highest BCUT2D eigenvalue weighted by Gasteiger charge is 2.56. The van der Waals surface area contributed by atoms with Crippen LogP contribution in [0.4, 0.5) is 5.82 Å². The van der Waals surface area contributed by atoms with Gasteiger partial charge >= 0.3 is 5.69 Å². The summed E-state index contributed by atoms with van der Waals surface area (Å²) < 4.78 is 26.8. The zero-order valence-electron chi connectivity index (χ0n) is 18.6. The van der Waals surface area contributed by atoms with Crippen LogP contribution in [-0.2, 0) is 18.6 Å². The Morgan fingerprint density at radius 1 is 1.30 bits per heavy atom. The maximum Gasteiger partial charge on any atom is 0.348 e. The van der Waals surface area contributed by atoms with Crippen molar-refractivity contribution < 1.29 is 18.6 Å². The molecule has 2 fully saturated rings. The first kappa shape index (κ1) is 21.4. The number of aromatic nitrogens is 4. The molecule has 0 unspecified atom stereocenters. The third-order valence-electron chi connectivity index (χ3n) is 6.29. The van der Waals surface area contributed by atoms with Crippen molar-refractivity contribution in [3.8, 4) is 0 Å². The molecular formula is C19H31N5O5Si. The molecule has 2 saturated heterocycles. The fourth-order valence-electron chi connectivity index (χ4n) is 3.66. The lowest BCUT2D eigenvalue weighted by Crippen LogP contribution is -2.44. The summed E-state index contributed by atoms with van der Waals surface area (Å²) in [6, 6.07) is 0. The predicted molar refractivity (Wildman–Crippen MR) is 113 cm³/mol. The van der Waals surface area contributed by atoms with Crippen LogP contribution in [0.3, 0.4) is 0 Å². The van der Waals surface area contributed by atoms with Crippen LogP contribution in [0.2, 0.25) is 18.1 Å². The monoisotopic (exact) mass is 437 g/mol. The van der Waals surface area contributed by atoms with Crippen LogP contribution in [0, 0.1) is 0 Å². The minimum Gasteiger partial charge on any atom is -0.414 e. The number of nitrogen functional groups attached to an aromatic ring is 1. The van der Waals surface area contributed by atoms with Crippen molar-refractivity contribution in [2.75, 3.05) is 12.3 Å². The lowest BCUT2D eigenvalue weighted by atomic mass is 10.1. The highest BCUT2D eigenvalue weighted by Crippen LogP contribution is 2.45. The van der Waals surface area contributed by atoms with Crippen molar-refractivity contribution in [2.45, 2.75) is 83.1 Å². The number of hydrogen-bond donors (Lipinski definition) is 2. The van der Waals surface area contributed by atoms with Crippen molar-refractivity contribution >= 4 is 25.3 Å². The fraction of sp³-hybridized carbons (Fsp3) is 0.737. The number of aromatic amines is 1. The van der Waals surface area contributed by atoms with Crippen LogP contribution in [0.15, 0.2) is 11.1 Å². The molecule has 2 aromatic rings. The standard InChI is InChI=1S/C19H31N5O5Si/c1-18(2,3)30(6,7)26-8-10-12-13(29-19(4,5)28-12)16(27-10)24-9-21-11-14(20)22-17(25)23-15(11)24/h9-10,12-13,16H,8H2,1-7H3,(H3,20,22,23,25)/t10-,12-,13-,16-/m0/s1. The van der Waals surface area contributed by atoms with Gasteiger partial charge in [0.25, 0.3) is 0 Å². The number of imidazole rings is 1.